The third kappa shape index (κ3) is 3.86. The first-order valence-electron chi connectivity index (χ1n) is 7.93. The topological polar surface area (TPSA) is 46.6 Å². The van der Waals surface area contributed by atoms with Crippen LogP contribution < -0.4 is 15.0 Å². The van der Waals surface area contributed by atoms with Crippen molar-refractivity contribution in [3.8, 4) is 5.75 Å². The molecule has 5 heteroatoms. The Bertz CT molecular complexity index is 463. The van der Waals surface area contributed by atoms with Crippen molar-refractivity contribution in [2.24, 2.45) is 0 Å². The quantitative estimate of drug-likeness (QED) is 0.866. The Morgan fingerprint density at radius 3 is 3.10 bits per heavy atom. The van der Waals surface area contributed by atoms with Crippen molar-refractivity contribution < 1.29 is 9.47 Å². The lowest BCUT2D eigenvalue weighted by molar-refractivity contribution is 0.0926. The third-order valence-electron chi connectivity index (χ3n) is 3.83. The normalized spacial score (nSPS) is 22.6. The van der Waals surface area contributed by atoms with Gasteiger partial charge in [0.1, 0.15) is 0 Å². The van der Waals surface area contributed by atoms with Crippen LogP contribution in [0.25, 0.3) is 0 Å². The minimum Gasteiger partial charge on any atom is -0.487 e. The first-order chi connectivity index (χ1) is 10.2. The molecule has 1 aliphatic carbocycles. The van der Waals surface area contributed by atoms with Gasteiger partial charge in [-0.25, -0.2) is 4.98 Å². The molecule has 1 saturated carbocycles. The van der Waals surface area contributed by atoms with Crippen LogP contribution in [-0.2, 0) is 4.74 Å². The largest absolute Gasteiger partial charge is 0.487 e. The molecule has 2 aliphatic rings. The van der Waals surface area contributed by atoms with Gasteiger partial charge in [-0.3, -0.25) is 0 Å². The predicted octanol–water partition coefficient (Wildman–Crippen LogP) is 1.83. The second kappa shape index (κ2) is 6.62. The molecule has 3 rings (SSSR count). The number of nitrogens with zero attached hydrogens (tertiary/aromatic N) is 2. The first-order valence-corrected chi connectivity index (χ1v) is 7.93. The van der Waals surface area contributed by atoms with E-state index in [9.17, 15) is 0 Å². The zero-order valence-electron chi connectivity index (χ0n) is 12.9. The van der Waals surface area contributed by atoms with Gasteiger partial charge in [0.2, 0.25) is 0 Å². The lowest BCUT2D eigenvalue weighted by atomic mass is 10.2. The summed E-state index contributed by atoms with van der Waals surface area (Å²) in [5.41, 5.74) is 0. The molecule has 5 nitrogen and oxygen atoms in total. The van der Waals surface area contributed by atoms with Crippen molar-refractivity contribution in [3.05, 3.63) is 18.3 Å². The van der Waals surface area contributed by atoms with E-state index >= 15 is 0 Å². The summed E-state index contributed by atoms with van der Waals surface area (Å²) in [5.74, 6) is 1.81. The number of ether oxygens (including phenoxy) is 2. The van der Waals surface area contributed by atoms with E-state index in [1.54, 1.807) is 0 Å². The van der Waals surface area contributed by atoms with Gasteiger partial charge in [0.25, 0.3) is 0 Å². The SMILES string of the molecule is CC(C)Oc1cccnc1N1CCOCC1CNC1CC1. The Morgan fingerprint density at radius 2 is 2.33 bits per heavy atom. The highest BCUT2D eigenvalue weighted by Gasteiger charge is 2.29. The van der Waals surface area contributed by atoms with E-state index in [0.717, 1.165) is 37.9 Å². The molecular weight excluding hydrogens is 266 g/mol. The van der Waals surface area contributed by atoms with Crippen LogP contribution in [0.4, 0.5) is 5.82 Å². The van der Waals surface area contributed by atoms with Gasteiger partial charge in [-0.1, -0.05) is 0 Å². The maximum absolute atomic E-state index is 5.92. The van der Waals surface area contributed by atoms with Crippen molar-refractivity contribution in [2.75, 3.05) is 31.2 Å². The molecular formula is C16H25N3O2. The third-order valence-corrected chi connectivity index (χ3v) is 3.83. The molecule has 116 valence electrons. The van der Waals surface area contributed by atoms with Crippen LogP contribution in [0.2, 0.25) is 0 Å². The van der Waals surface area contributed by atoms with Gasteiger partial charge >= 0.3 is 0 Å². The van der Waals surface area contributed by atoms with Crippen LogP contribution in [-0.4, -0.2) is 49.5 Å². The van der Waals surface area contributed by atoms with Gasteiger partial charge in [0, 0.05) is 25.3 Å². The van der Waals surface area contributed by atoms with E-state index in [-0.39, 0.29) is 6.10 Å². The highest BCUT2D eigenvalue weighted by molar-refractivity contribution is 5.53. The summed E-state index contributed by atoms with van der Waals surface area (Å²) < 4.78 is 11.6. The van der Waals surface area contributed by atoms with E-state index in [1.807, 2.05) is 32.2 Å². The van der Waals surface area contributed by atoms with Crippen molar-refractivity contribution in [1.29, 1.82) is 0 Å². The van der Waals surface area contributed by atoms with E-state index in [0.29, 0.717) is 12.1 Å². The van der Waals surface area contributed by atoms with Gasteiger partial charge in [-0.15, -0.1) is 0 Å². The molecule has 0 radical (unpaired) electrons. The van der Waals surface area contributed by atoms with E-state index in [1.165, 1.54) is 12.8 Å². The summed E-state index contributed by atoms with van der Waals surface area (Å²) in [6.45, 7) is 7.39. The molecule has 2 fully saturated rings. The Labute approximate surface area is 126 Å². The Balaban J connectivity index is 1.74. The number of pyridine rings is 1. The Kier molecular flexibility index (Phi) is 4.60. The Morgan fingerprint density at radius 1 is 1.48 bits per heavy atom. The summed E-state index contributed by atoms with van der Waals surface area (Å²) in [4.78, 5) is 6.90. The van der Waals surface area contributed by atoms with Crippen LogP contribution in [0.15, 0.2) is 18.3 Å². The maximum Gasteiger partial charge on any atom is 0.171 e. The number of morpholine rings is 1. The fourth-order valence-electron chi connectivity index (χ4n) is 2.64. The van der Waals surface area contributed by atoms with Crippen LogP contribution in [0, 0.1) is 0 Å². The zero-order chi connectivity index (χ0) is 14.7. The second-order valence-electron chi connectivity index (χ2n) is 6.10. The summed E-state index contributed by atoms with van der Waals surface area (Å²) in [6, 6.07) is 4.97. The lowest BCUT2D eigenvalue weighted by Gasteiger charge is -2.37. The average Bonchev–Trinajstić information content (AvgIpc) is 3.30. The molecule has 2 heterocycles. The lowest BCUT2D eigenvalue weighted by Crippen LogP contribution is -2.51. The summed E-state index contributed by atoms with van der Waals surface area (Å²) in [7, 11) is 0. The number of rotatable bonds is 6. The number of hydrogen-bond acceptors (Lipinski definition) is 5. The smallest absolute Gasteiger partial charge is 0.171 e. The van der Waals surface area contributed by atoms with Crippen LogP contribution in [0.5, 0.6) is 5.75 Å². The van der Waals surface area contributed by atoms with Gasteiger partial charge < -0.3 is 19.7 Å². The summed E-state index contributed by atoms with van der Waals surface area (Å²) in [6.07, 6.45) is 4.60. The highest BCUT2D eigenvalue weighted by Crippen LogP contribution is 2.29. The molecule has 1 aromatic rings. The van der Waals surface area contributed by atoms with Crippen molar-refractivity contribution >= 4 is 5.82 Å². The zero-order valence-corrected chi connectivity index (χ0v) is 12.9. The summed E-state index contributed by atoms with van der Waals surface area (Å²) >= 11 is 0. The van der Waals surface area contributed by atoms with Crippen molar-refractivity contribution in [2.45, 2.75) is 44.9 Å². The van der Waals surface area contributed by atoms with E-state index in [2.05, 4.69) is 15.2 Å². The van der Waals surface area contributed by atoms with E-state index in [4.69, 9.17) is 9.47 Å². The van der Waals surface area contributed by atoms with Crippen LogP contribution >= 0.6 is 0 Å². The molecule has 1 N–H and O–H groups in total. The van der Waals surface area contributed by atoms with Gasteiger partial charge in [0.05, 0.1) is 25.4 Å². The number of anilines is 1. The average molecular weight is 291 g/mol. The number of aromatic nitrogens is 1. The number of hydrogen-bond donors (Lipinski definition) is 1. The fraction of sp³-hybridized carbons (Fsp3) is 0.688. The molecule has 1 atom stereocenters. The van der Waals surface area contributed by atoms with Gasteiger partial charge in [-0.2, -0.15) is 0 Å². The van der Waals surface area contributed by atoms with Crippen molar-refractivity contribution in [3.63, 3.8) is 0 Å². The monoisotopic (exact) mass is 291 g/mol. The maximum atomic E-state index is 5.92. The predicted molar refractivity (Wildman–Crippen MR) is 83.0 cm³/mol. The number of nitrogens with one attached hydrogen (secondary N) is 1. The molecule has 0 amide bonds. The van der Waals surface area contributed by atoms with Gasteiger partial charge in [0.15, 0.2) is 11.6 Å². The second-order valence-corrected chi connectivity index (χ2v) is 6.10. The van der Waals surface area contributed by atoms with Crippen LogP contribution in [0.3, 0.4) is 0 Å². The first kappa shape index (κ1) is 14.6. The molecule has 0 spiro atoms. The minimum atomic E-state index is 0.150. The Hall–Kier alpha value is -1.33. The molecule has 0 aromatic carbocycles. The van der Waals surface area contributed by atoms with Crippen LogP contribution in [0.1, 0.15) is 26.7 Å². The molecule has 1 unspecified atom stereocenters. The standard InChI is InChI=1S/C16H25N3O2/c1-12(2)21-15-4-3-7-17-16(15)19-8-9-20-11-14(19)10-18-13-5-6-13/h3-4,7,12-14,18H,5-6,8-11H2,1-2H3. The van der Waals surface area contributed by atoms with Crippen molar-refractivity contribution in [1.82, 2.24) is 10.3 Å². The molecule has 21 heavy (non-hydrogen) atoms. The molecule has 1 saturated heterocycles. The molecule has 1 aliphatic heterocycles. The molecule has 1 aromatic heterocycles. The molecule has 0 bridgehead atoms. The fourth-order valence-corrected chi connectivity index (χ4v) is 2.64. The van der Waals surface area contributed by atoms with E-state index < -0.39 is 0 Å². The van der Waals surface area contributed by atoms with Gasteiger partial charge in [-0.05, 0) is 38.8 Å². The minimum absolute atomic E-state index is 0.150. The highest BCUT2D eigenvalue weighted by atomic mass is 16.5. The summed E-state index contributed by atoms with van der Waals surface area (Å²) in [5, 5.41) is 3.60.